The first-order chi connectivity index (χ1) is 7.42. The van der Waals surface area contributed by atoms with Crippen molar-refractivity contribution >= 4 is 0 Å². The van der Waals surface area contributed by atoms with E-state index in [-0.39, 0.29) is 6.29 Å². The molecular formula is C13H24O2. The van der Waals surface area contributed by atoms with Gasteiger partial charge in [-0.15, -0.1) is 0 Å². The molecule has 0 unspecified atom stereocenters. The topological polar surface area (TPSA) is 18.5 Å². The maximum Gasteiger partial charge on any atom is 0.160 e. The molecule has 2 rings (SSSR count). The quantitative estimate of drug-likeness (QED) is 0.663. The minimum absolute atomic E-state index is 0.0921. The lowest BCUT2D eigenvalue weighted by atomic mass is 9.84. The second-order valence-corrected chi connectivity index (χ2v) is 5.06. The lowest BCUT2D eigenvalue weighted by Gasteiger charge is -2.22. The van der Waals surface area contributed by atoms with E-state index in [1.165, 1.54) is 51.4 Å². The van der Waals surface area contributed by atoms with E-state index in [2.05, 4.69) is 0 Å². The molecule has 0 amide bonds. The van der Waals surface area contributed by atoms with Crippen LogP contribution in [0.25, 0.3) is 0 Å². The van der Waals surface area contributed by atoms with E-state index in [1.807, 2.05) is 0 Å². The molecular weight excluding hydrogens is 188 g/mol. The van der Waals surface area contributed by atoms with Crippen LogP contribution in [0.2, 0.25) is 0 Å². The lowest BCUT2D eigenvalue weighted by molar-refractivity contribution is -0.111. The molecule has 1 aliphatic heterocycles. The van der Waals surface area contributed by atoms with Crippen LogP contribution in [0.15, 0.2) is 0 Å². The maximum absolute atomic E-state index is 5.72. The van der Waals surface area contributed by atoms with E-state index >= 15 is 0 Å². The van der Waals surface area contributed by atoms with Crippen molar-refractivity contribution in [2.75, 3.05) is 13.7 Å². The molecule has 88 valence electrons. The Labute approximate surface area is 93.3 Å². The minimum Gasteiger partial charge on any atom is -0.356 e. The predicted molar refractivity (Wildman–Crippen MR) is 60.7 cm³/mol. The van der Waals surface area contributed by atoms with Crippen molar-refractivity contribution in [3.05, 3.63) is 0 Å². The van der Waals surface area contributed by atoms with Gasteiger partial charge < -0.3 is 9.47 Å². The van der Waals surface area contributed by atoms with Crippen molar-refractivity contribution in [2.45, 2.75) is 57.7 Å². The molecule has 2 heteroatoms. The fourth-order valence-corrected chi connectivity index (χ4v) is 3.09. The highest BCUT2D eigenvalue weighted by Gasteiger charge is 2.36. The van der Waals surface area contributed by atoms with Gasteiger partial charge in [0.25, 0.3) is 0 Å². The highest BCUT2D eigenvalue weighted by Crippen LogP contribution is 2.36. The predicted octanol–water partition coefficient (Wildman–Crippen LogP) is 3.36. The highest BCUT2D eigenvalue weighted by molar-refractivity contribution is 4.79. The number of fused-ring (bicyclic) bond motifs is 1. The van der Waals surface area contributed by atoms with Gasteiger partial charge in [0.15, 0.2) is 6.29 Å². The van der Waals surface area contributed by atoms with Crippen LogP contribution >= 0.6 is 0 Å². The number of hydrogen-bond acceptors (Lipinski definition) is 2. The average Bonchev–Trinajstić information content (AvgIpc) is 2.66. The number of rotatable bonds is 1. The van der Waals surface area contributed by atoms with Gasteiger partial charge in [-0.2, -0.15) is 0 Å². The monoisotopic (exact) mass is 212 g/mol. The number of hydrogen-bond donors (Lipinski definition) is 0. The summed E-state index contributed by atoms with van der Waals surface area (Å²) in [6.07, 6.45) is 11.2. The Morgan fingerprint density at radius 3 is 2.33 bits per heavy atom. The van der Waals surface area contributed by atoms with Crippen molar-refractivity contribution < 1.29 is 9.47 Å². The molecule has 1 saturated carbocycles. The summed E-state index contributed by atoms with van der Waals surface area (Å²) in [5, 5.41) is 0. The molecule has 15 heavy (non-hydrogen) atoms. The van der Waals surface area contributed by atoms with Gasteiger partial charge in [-0.25, -0.2) is 0 Å². The van der Waals surface area contributed by atoms with Crippen molar-refractivity contribution in [1.82, 2.24) is 0 Å². The van der Waals surface area contributed by atoms with Gasteiger partial charge in [-0.3, -0.25) is 0 Å². The van der Waals surface area contributed by atoms with E-state index in [9.17, 15) is 0 Å². The molecule has 1 aliphatic carbocycles. The summed E-state index contributed by atoms with van der Waals surface area (Å²) in [7, 11) is 1.78. The first-order valence-corrected chi connectivity index (χ1v) is 6.56. The first-order valence-electron chi connectivity index (χ1n) is 6.56. The van der Waals surface area contributed by atoms with Crippen LogP contribution in [-0.4, -0.2) is 20.0 Å². The van der Waals surface area contributed by atoms with Gasteiger partial charge in [0, 0.05) is 13.0 Å². The Bertz CT molecular complexity index is 181. The SMILES string of the molecule is CO[C@@H]1OC[C@H]2CCCCCCCC[C@@H]21. The Balaban J connectivity index is 1.90. The molecule has 0 spiro atoms. The molecule has 0 radical (unpaired) electrons. The fourth-order valence-electron chi connectivity index (χ4n) is 3.09. The molecule has 3 atom stereocenters. The van der Waals surface area contributed by atoms with Crippen LogP contribution in [0.3, 0.4) is 0 Å². The van der Waals surface area contributed by atoms with E-state index in [4.69, 9.17) is 9.47 Å². The van der Waals surface area contributed by atoms with Crippen LogP contribution in [0.4, 0.5) is 0 Å². The second-order valence-electron chi connectivity index (χ2n) is 5.06. The van der Waals surface area contributed by atoms with Crippen LogP contribution in [0.5, 0.6) is 0 Å². The van der Waals surface area contributed by atoms with Crippen molar-refractivity contribution in [3.8, 4) is 0 Å². The summed E-state index contributed by atoms with van der Waals surface area (Å²) < 4.78 is 11.1. The van der Waals surface area contributed by atoms with Crippen LogP contribution in [-0.2, 0) is 9.47 Å². The molecule has 0 N–H and O–H groups in total. The van der Waals surface area contributed by atoms with Crippen LogP contribution < -0.4 is 0 Å². The summed E-state index contributed by atoms with van der Waals surface area (Å²) in [4.78, 5) is 0. The van der Waals surface area contributed by atoms with Crippen LogP contribution in [0, 0.1) is 11.8 Å². The Morgan fingerprint density at radius 2 is 1.60 bits per heavy atom. The van der Waals surface area contributed by atoms with Gasteiger partial charge >= 0.3 is 0 Å². The van der Waals surface area contributed by atoms with Gasteiger partial charge in [0.2, 0.25) is 0 Å². The van der Waals surface area contributed by atoms with E-state index in [1.54, 1.807) is 7.11 Å². The zero-order valence-electron chi connectivity index (χ0n) is 9.91. The third-order valence-corrected chi connectivity index (χ3v) is 4.02. The molecule has 2 fully saturated rings. The zero-order valence-corrected chi connectivity index (χ0v) is 9.91. The second kappa shape index (κ2) is 5.86. The number of methoxy groups -OCH3 is 1. The fraction of sp³-hybridized carbons (Fsp3) is 1.00. The number of ether oxygens (including phenoxy) is 2. The standard InChI is InChI=1S/C13H24O2/c1-14-13-12-9-7-5-3-2-4-6-8-11(12)10-15-13/h11-13H,2-10H2,1H3/t11-,12+,13-/m1/s1. The molecule has 0 aromatic carbocycles. The van der Waals surface area contributed by atoms with Crippen LogP contribution in [0.1, 0.15) is 51.4 Å². The largest absolute Gasteiger partial charge is 0.356 e. The van der Waals surface area contributed by atoms with E-state index in [0.717, 1.165) is 12.5 Å². The van der Waals surface area contributed by atoms with Gasteiger partial charge in [-0.1, -0.05) is 38.5 Å². The average molecular weight is 212 g/mol. The molecule has 0 aromatic heterocycles. The van der Waals surface area contributed by atoms with E-state index < -0.39 is 0 Å². The maximum atomic E-state index is 5.72. The summed E-state index contributed by atoms with van der Waals surface area (Å²) in [6, 6.07) is 0. The van der Waals surface area contributed by atoms with Crippen molar-refractivity contribution in [2.24, 2.45) is 11.8 Å². The molecule has 2 nitrogen and oxygen atoms in total. The third kappa shape index (κ3) is 2.94. The molecule has 1 saturated heterocycles. The summed E-state index contributed by atoms with van der Waals surface area (Å²) in [5.74, 6) is 1.45. The lowest BCUT2D eigenvalue weighted by Crippen LogP contribution is -2.22. The summed E-state index contributed by atoms with van der Waals surface area (Å²) in [5.41, 5.74) is 0. The van der Waals surface area contributed by atoms with Gasteiger partial charge in [0.1, 0.15) is 0 Å². The van der Waals surface area contributed by atoms with Gasteiger partial charge in [0.05, 0.1) is 6.61 Å². The van der Waals surface area contributed by atoms with E-state index in [0.29, 0.717) is 5.92 Å². The molecule has 0 bridgehead atoms. The summed E-state index contributed by atoms with van der Waals surface area (Å²) in [6.45, 7) is 0.934. The van der Waals surface area contributed by atoms with Gasteiger partial charge in [-0.05, 0) is 18.8 Å². The van der Waals surface area contributed by atoms with Crippen molar-refractivity contribution in [3.63, 3.8) is 0 Å². The normalized spacial score (nSPS) is 38.6. The smallest absolute Gasteiger partial charge is 0.160 e. The van der Waals surface area contributed by atoms with Crippen molar-refractivity contribution in [1.29, 1.82) is 0 Å². The molecule has 0 aromatic rings. The third-order valence-electron chi connectivity index (χ3n) is 4.02. The Kier molecular flexibility index (Phi) is 4.45. The minimum atomic E-state index is 0.0921. The highest BCUT2D eigenvalue weighted by atomic mass is 16.7. The Morgan fingerprint density at radius 1 is 0.933 bits per heavy atom. The molecule has 2 aliphatic rings. The summed E-state index contributed by atoms with van der Waals surface area (Å²) >= 11 is 0. The first kappa shape index (κ1) is 11.4. The Hall–Kier alpha value is -0.0800. The zero-order chi connectivity index (χ0) is 10.5. The molecule has 1 heterocycles.